The van der Waals surface area contributed by atoms with Gasteiger partial charge in [-0.1, -0.05) is 18.2 Å². The van der Waals surface area contributed by atoms with Crippen LogP contribution in [0.25, 0.3) is 0 Å². The summed E-state index contributed by atoms with van der Waals surface area (Å²) in [6.07, 6.45) is -0.222. The summed E-state index contributed by atoms with van der Waals surface area (Å²) in [6, 6.07) is 6.22. The summed E-state index contributed by atoms with van der Waals surface area (Å²) in [4.78, 5) is 0. The van der Waals surface area contributed by atoms with Gasteiger partial charge in [0.15, 0.2) is 6.29 Å². The van der Waals surface area contributed by atoms with Crippen molar-refractivity contribution in [1.82, 2.24) is 0 Å². The van der Waals surface area contributed by atoms with Crippen LogP contribution < -0.4 is 0 Å². The Hall–Kier alpha value is -0.860. The van der Waals surface area contributed by atoms with Gasteiger partial charge in [-0.25, -0.2) is 0 Å². The van der Waals surface area contributed by atoms with Crippen molar-refractivity contribution in [1.29, 1.82) is 0 Å². The summed E-state index contributed by atoms with van der Waals surface area (Å²) in [5, 5.41) is 0. The molecular formula is C13H20O2. The van der Waals surface area contributed by atoms with Crippen LogP contribution in [0.15, 0.2) is 18.2 Å². The Balaban J connectivity index is 2.94. The molecule has 0 spiro atoms. The fourth-order valence-corrected chi connectivity index (χ4v) is 1.56. The van der Waals surface area contributed by atoms with Gasteiger partial charge in [0.05, 0.1) is 0 Å². The number of ether oxygens (including phenoxy) is 2. The van der Waals surface area contributed by atoms with E-state index in [0.29, 0.717) is 13.2 Å². The van der Waals surface area contributed by atoms with E-state index >= 15 is 0 Å². The fraction of sp³-hybridized carbons (Fsp3) is 0.538. The summed E-state index contributed by atoms with van der Waals surface area (Å²) in [6.45, 7) is 9.51. The molecule has 0 aliphatic heterocycles. The van der Waals surface area contributed by atoms with Crippen LogP contribution >= 0.6 is 0 Å². The maximum absolute atomic E-state index is 5.58. The Labute approximate surface area is 92.2 Å². The Morgan fingerprint density at radius 3 is 2.20 bits per heavy atom. The van der Waals surface area contributed by atoms with Gasteiger partial charge in [0.1, 0.15) is 0 Å². The average molecular weight is 208 g/mol. The molecule has 0 aliphatic carbocycles. The monoisotopic (exact) mass is 208 g/mol. The summed E-state index contributed by atoms with van der Waals surface area (Å²) in [5.41, 5.74) is 3.67. The van der Waals surface area contributed by atoms with Gasteiger partial charge >= 0.3 is 0 Å². The Morgan fingerprint density at radius 2 is 1.67 bits per heavy atom. The molecule has 0 atom stereocenters. The highest BCUT2D eigenvalue weighted by atomic mass is 16.7. The molecule has 0 saturated heterocycles. The molecule has 0 saturated carbocycles. The minimum absolute atomic E-state index is 0.222. The molecule has 0 bridgehead atoms. The lowest BCUT2D eigenvalue weighted by molar-refractivity contribution is -0.140. The Bertz CT molecular complexity index is 301. The van der Waals surface area contributed by atoms with Gasteiger partial charge in [-0.15, -0.1) is 0 Å². The average Bonchev–Trinajstić information content (AvgIpc) is 2.22. The van der Waals surface area contributed by atoms with Crippen LogP contribution in [0.3, 0.4) is 0 Å². The van der Waals surface area contributed by atoms with Gasteiger partial charge in [-0.05, 0) is 38.8 Å². The van der Waals surface area contributed by atoms with E-state index in [0.717, 1.165) is 5.56 Å². The topological polar surface area (TPSA) is 18.5 Å². The van der Waals surface area contributed by atoms with Crippen molar-refractivity contribution in [2.45, 2.75) is 34.0 Å². The number of aryl methyl sites for hydroxylation is 1. The molecule has 0 N–H and O–H groups in total. The highest BCUT2D eigenvalue weighted by molar-refractivity contribution is 5.33. The molecule has 1 aromatic carbocycles. The van der Waals surface area contributed by atoms with E-state index in [9.17, 15) is 0 Å². The number of hydrogen-bond donors (Lipinski definition) is 0. The molecule has 2 nitrogen and oxygen atoms in total. The predicted molar refractivity (Wildman–Crippen MR) is 61.9 cm³/mol. The van der Waals surface area contributed by atoms with Crippen LogP contribution in [0, 0.1) is 13.8 Å². The van der Waals surface area contributed by atoms with E-state index in [1.165, 1.54) is 11.1 Å². The molecule has 1 aromatic rings. The zero-order valence-electron chi connectivity index (χ0n) is 10.0. The van der Waals surface area contributed by atoms with Gasteiger partial charge in [0, 0.05) is 18.8 Å². The molecule has 0 fully saturated rings. The molecule has 15 heavy (non-hydrogen) atoms. The van der Waals surface area contributed by atoms with E-state index < -0.39 is 0 Å². The van der Waals surface area contributed by atoms with E-state index in [4.69, 9.17) is 9.47 Å². The van der Waals surface area contributed by atoms with E-state index in [2.05, 4.69) is 26.0 Å². The summed E-state index contributed by atoms with van der Waals surface area (Å²) in [5.74, 6) is 0. The second-order valence-electron chi connectivity index (χ2n) is 3.53. The third-order valence-electron chi connectivity index (χ3n) is 2.54. The zero-order valence-corrected chi connectivity index (χ0v) is 10.0. The lowest BCUT2D eigenvalue weighted by Crippen LogP contribution is -2.10. The van der Waals surface area contributed by atoms with Crippen LogP contribution in [0.2, 0.25) is 0 Å². The first-order valence-electron chi connectivity index (χ1n) is 5.50. The van der Waals surface area contributed by atoms with Gasteiger partial charge in [-0.2, -0.15) is 0 Å². The Kier molecular flexibility index (Phi) is 4.79. The van der Waals surface area contributed by atoms with Gasteiger partial charge in [0.25, 0.3) is 0 Å². The standard InChI is InChI=1S/C13H20O2/c1-5-14-13(15-6-2)12-9-7-8-10(3)11(12)4/h7-9,13H,5-6H2,1-4H3. The molecule has 0 aliphatic rings. The number of rotatable bonds is 5. The molecule has 2 heteroatoms. The van der Waals surface area contributed by atoms with E-state index in [1.807, 2.05) is 19.9 Å². The normalized spacial score (nSPS) is 11.0. The van der Waals surface area contributed by atoms with Gasteiger partial charge in [0.2, 0.25) is 0 Å². The van der Waals surface area contributed by atoms with Crippen LogP contribution in [0.1, 0.15) is 36.8 Å². The van der Waals surface area contributed by atoms with Gasteiger partial charge in [-0.3, -0.25) is 0 Å². The number of hydrogen-bond acceptors (Lipinski definition) is 2. The van der Waals surface area contributed by atoms with Crippen molar-refractivity contribution in [3.8, 4) is 0 Å². The minimum Gasteiger partial charge on any atom is -0.349 e. The molecule has 0 unspecified atom stereocenters. The van der Waals surface area contributed by atoms with E-state index in [1.54, 1.807) is 0 Å². The maximum Gasteiger partial charge on any atom is 0.184 e. The quantitative estimate of drug-likeness (QED) is 0.691. The smallest absolute Gasteiger partial charge is 0.184 e. The van der Waals surface area contributed by atoms with E-state index in [-0.39, 0.29) is 6.29 Å². The second kappa shape index (κ2) is 5.89. The molecule has 0 amide bonds. The minimum atomic E-state index is -0.222. The van der Waals surface area contributed by atoms with Crippen molar-refractivity contribution >= 4 is 0 Å². The number of benzene rings is 1. The molecule has 0 aromatic heterocycles. The molecule has 0 heterocycles. The summed E-state index contributed by atoms with van der Waals surface area (Å²) in [7, 11) is 0. The first kappa shape index (κ1) is 12.2. The van der Waals surface area contributed by atoms with Crippen LogP contribution in [-0.4, -0.2) is 13.2 Å². The first-order chi connectivity index (χ1) is 7.20. The third-order valence-corrected chi connectivity index (χ3v) is 2.54. The lowest BCUT2D eigenvalue weighted by Gasteiger charge is -2.20. The lowest BCUT2D eigenvalue weighted by atomic mass is 10.0. The molecule has 0 radical (unpaired) electrons. The maximum atomic E-state index is 5.58. The van der Waals surface area contributed by atoms with Crippen molar-refractivity contribution in [3.63, 3.8) is 0 Å². The SMILES string of the molecule is CCOC(OCC)c1cccc(C)c1C. The summed E-state index contributed by atoms with van der Waals surface area (Å²) < 4.78 is 11.2. The van der Waals surface area contributed by atoms with Crippen molar-refractivity contribution in [2.75, 3.05) is 13.2 Å². The van der Waals surface area contributed by atoms with Crippen LogP contribution in [0.5, 0.6) is 0 Å². The molecule has 84 valence electrons. The first-order valence-corrected chi connectivity index (χ1v) is 5.50. The predicted octanol–water partition coefficient (Wildman–Crippen LogP) is 3.38. The van der Waals surface area contributed by atoms with Gasteiger partial charge < -0.3 is 9.47 Å². The highest BCUT2D eigenvalue weighted by Gasteiger charge is 2.14. The van der Waals surface area contributed by atoms with Crippen molar-refractivity contribution in [2.24, 2.45) is 0 Å². The molecule has 1 rings (SSSR count). The summed E-state index contributed by atoms with van der Waals surface area (Å²) >= 11 is 0. The van der Waals surface area contributed by atoms with Crippen molar-refractivity contribution in [3.05, 3.63) is 34.9 Å². The fourth-order valence-electron chi connectivity index (χ4n) is 1.56. The zero-order chi connectivity index (χ0) is 11.3. The largest absolute Gasteiger partial charge is 0.349 e. The van der Waals surface area contributed by atoms with Crippen LogP contribution in [-0.2, 0) is 9.47 Å². The molecular weight excluding hydrogens is 188 g/mol. The Morgan fingerprint density at radius 1 is 1.07 bits per heavy atom. The van der Waals surface area contributed by atoms with Crippen LogP contribution in [0.4, 0.5) is 0 Å². The third kappa shape index (κ3) is 3.05. The van der Waals surface area contributed by atoms with Crippen molar-refractivity contribution < 1.29 is 9.47 Å². The highest BCUT2D eigenvalue weighted by Crippen LogP contribution is 2.24. The second-order valence-corrected chi connectivity index (χ2v) is 3.53.